The molecular weight excluding hydrogens is 332 g/mol. The molecule has 0 saturated heterocycles. The number of Topliss-reactive ketones (excluding diaryl/α,β-unsaturated/α-hetero) is 1. The summed E-state index contributed by atoms with van der Waals surface area (Å²) >= 11 is 1.35. The number of aromatic nitrogens is 1. The van der Waals surface area contributed by atoms with Crippen molar-refractivity contribution in [1.82, 2.24) is 4.98 Å². The summed E-state index contributed by atoms with van der Waals surface area (Å²) in [5.41, 5.74) is 4.62. The van der Waals surface area contributed by atoms with Crippen LogP contribution in [-0.2, 0) is 12.8 Å². The van der Waals surface area contributed by atoms with Crippen LogP contribution in [0.3, 0.4) is 0 Å². The van der Waals surface area contributed by atoms with Crippen LogP contribution in [0, 0.1) is 18.3 Å². The van der Waals surface area contributed by atoms with Crippen LogP contribution in [0.5, 0.6) is 5.75 Å². The quantitative estimate of drug-likeness (QED) is 0.598. The third-order valence-corrected chi connectivity index (χ3v) is 5.51. The third-order valence-electron chi connectivity index (χ3n) is 4.53. The fourth-order valence-corrected chi connectivity index (χ4v) is 4.17. The van der Waals surface area contributed by atoms with E-state index in [1.54, 1.807) is 25.3 Å². The van der Waals surface area contributed by atoms with Gasteiger partial charge in [-0.25, -0.2) is 4.98 Å². The number of hydrogen-bond donors (Lipinski definition) is 0. The van der Waals surface area contributed by atoms with E-state index in [0.29, 0.717) is 21.9 Å². The van der Waals surface area contributed by atoms with E-state index in [-0.39, 0.29) is 11.5 Å². The van der Waals surface area contributed by atoms with Crippen LogP contribution in [0.25, 0.3) is 0 Å². The molecule has 0 unspecified atom stereocenters. The number of thioether (sulfide) groups is 1. The van der Waals surface area contributed by atoms with Crippen LogP contribution in [0.15, 0.2) is 29.3 Å². The number of methoxy groups -OCH3 is 1. The lowest BCUT2D eigenvalue weighted by molar-refractivity contribution is 0.102. The number of carbonyl (C=O) groups excluding carboxylic acids is 1. The van der Waals surface area contributed by atoms with E-state index in [1.165, 1.54) is 17.3 Å². The van der Waals surface area contributed by atoms with E-state index < -0.39 is 0 Å². The fraction of sp³-hybridized carbons (Fsp3) is 0.350. The van der Waals surface area contributed by atoms with Crippen molar-refractivity contribution in [3.05, 3.63) is 52.2 Å². The molecule has 1 heterocycles. The highest BCUT2D eigenvalue weighted by Crippen LogP contribution is 2.32. The number of nitrogens with zero attached hydrogens (tertiary/aromatic N) is 2. The van der Waals surface area contributed by atoms with Gasteiger partial charge in [-0.15, -0.1) is 0 Å². The lowest BCUT2D eigenvalue weighted by Gasteiger charge is -2.20. The SMILES string of the molecule is COc1cccc(C(=O)CSc2nc(C)c3c(c2C#N)CCCC3)c1. The Morgan fingerprint density at radius 2 is 2.08 bits per heavy atom. The second kappa shape index (κ2) is 7.71. The lowest BCUT2D eigenvalue weighted by Crippen LogP contribution is -2.11. The number of aryl methyl sites for hydroxylation is 1. The summed E-state index contributed by atoms with van der Waals surface area (Å²) in [6.45, 7) is 2.00. The number of nitriles is 1. The molecule has 0 spiro atoms. The summed E-state index contributed by atoms with van der Waals surface area (Å²) in [4.78, 5) is 17.1. The minimum absolute atomic E-state index is 0.00460. The second-order valence-corrected chi connectivity index (χ2v) is 7.06. The molecule has 0 bridgehead atoms. The van der Waals surface area contributed by atoms with Gasteiger partial charge in [-0.3, -0.25) is 4.79 Å². The number of fused-ring (bicyclic) bond motifs is 1. The maximum absolute atomic E-state index is 12.5. The Hall–Kier alpha value is -2.32. The predicted molar refractivity (Wildman–Crippen MR) is 98.4 cm³/mol. The van der Waals surface area contributed by atoms with Crippen LogP contribution < -0.4 is 4.74 Å². The minimum Gasteiger partial charge on any atom is -0.497 e. The van der Waals surface area contributed by atoms with Gasteiger partial charge < -0.3 is 4.74 Å². The van der Waals surface area contributed by atoms with E-state index in [4.69, 9.17) is 4.74 Å². The van der Waals surface area contributed by atoms with Crippen molar-refractivity contribution in [2.24, 2.45) is 0 Å². The minimum atomic E-state index is 0.00460. The third kappa shape index (κ3) is 3.69. The largest absolute Gasteiger partial charge is 0.497 e. The average molecular weight is 352 g/mol. The number of rotatable bonds is 5. The van der Waals surface area contributed by atoms with Crippen LogP contribution in [0.1, 0.15) is 45.6 Å². The van der Waals surface area contributed by atoms with Gasteiger partial charge in [0.05, 0.1) is 18.4 Å². The van der Waals surface area contributed by atoms with Crippen molar-refractivity contribution in [1.29, 1.82) is 5.26 Å². The summed E-state index contributed by atoms with van der Waals surface area (Å²) in [6.07, 6.45) is 4.19. The molecule has 3 rings (SSSR count). The van der Waals surface area contributed by atoms with Crippen molar-refractivity contribution >= 4 is 17.5 Å². The molecule has 1 aliphatic carbocycles. The fourth-order valence-electron chi connectivity index (χ4n) is 3.22. The van der Waals surface area contributed by atoms with Gasteiger partial charge >= 0.3 is 0 Å². The van der Waals surface area contributed by atoms with Crippen molar-refractivity contribution in [2.75, 3.05) is 12.9 Å². The topological polar surface area (TPSA) is 63.0 Å². The highest BCUT2D eigenvalue weighted by atomic mass is 32.2. The zero-order chi connectivity index (χ0) is 17.8. The first-order chi connectivity index (χ1) is 12.1. The Labute approximate surface area is 152 Å². The van der Waals surface area contributed by atoms with Crippen LogP contribution in [0.2, 0.25) is 0 Å². The van der Waals surface area contributed by atoms with Crippen LogP contribution in [-0.4, -0.2) is 23.6 Å². The standard InChI is InChI=1S/C20H20N2O2S/c1-13-16-8-3-4-9-17(16)18(11-21)20(22-13)25-12-19(23)14-6-5-7-15(10-14)24-2/h5-7,10H,3-4,8-9,12H2,1-2H3. The summed E-state index contributed by atoms with van der Waals surface area (Å²) in [7, 11) is 1.58. The number of ketones is 1. The first-order valence-electron chi connectivity index (χ1n) is 8.36. The molecule has 128 valence electrons. The van der Waals surface area contributed by atoms with Crippen LogP contribution >= 0.6 is 11.8 Å². The van der Waals surface area contributed by atoms with Gasteiger partial charge in [0.25, 0.3) is 0 Å². The van der Waals surface area contributed by atoms with Crippen molar-refractivity contribution in [3.8, 4) is 11.8 Å². The van der Waals surface area contributed by atoms with E-state index in [9.17, 15) is 10.1 Å². The Balaban J connectivity index is 1.82. The summed E-state index contributed by atoms with van der Waals surface area (Å²) in [5.74, 6) is 0.925. The molecule has 0 atom stereocenters. The van der Waals surface area contributed by atoms with Crippen molar-refractivity contribution in [3.63, 3.8) is 0 Å². The molecule has 0 fully saturated rings. The highest BCUT2D eigenvalue weighted by molar-refractivity contribution is 8.00. The Morgan fingerprint density at radius 1 is 1.32 bits per heavy atom. The van der Waals surface area contributed by atoms with Crippen molar-refractivity contribution in [2.45, 2.75) is 37.6 Å². The van der Waals surface area contributed by atoms with E-state index in [0.717, 1.165) is 36.9 Å². The molecule has 25 heavy (non-hydrogen) atoms. The zero-order valence-electron chi connectivity index (χ0n) is 14.5. The Kier molecular flexibility index (Phi) is 5.40. The van der Waals surface area contributed by atoms with Gasteiger partial charge in [0.15, 0.2) is 5.78 Å². The molecule has 1 aromatic carbocycles. The molecular formula is C20H20N2O2S. The van der Waals surface area contributed by atoms with Crippen molar-refractivity contribution < 1.29 is 9.53 Å². The molecule has 0 amide bonds. The smallest absolute Gasteiger partial charge is 0.173 e. The highest BCUT2D eigenvalue weighted by Gasteiger charge is 2.21. The molecule has 5 heteroatoms. The molecule has 1 aromatic heterocycles. The molecule has 2 aromatic rings. The summed E-state index contributed by atoms with van der Waals surface area (Å²) in [5, 5.41) is 10.3. The maximum atomic E-state index is 12.5. The molecule has 0 saturated carbocycles. The molecule has 4 nitrogen and oxygen atoms in total. The predicted octanol–water partition coefficient (Wildman–Crippen LogP) is 4.12. The number of carbonyl (C=O) groups is 1. The number of hydrogen-bond acceptors (Lipinski definition) is 5. The Bertz CT molecular complexity index is 856. The monoisotopic (exact) mass is 352 g/mol. The zero-order valence-corrected chi connectivity index (χ0v) is 15.3. The molecule has 1 aliphatic rings. The summed E-state index contributed by atoms with van der Waals surface area (Å²) in [6, 6.07) is 9.45. The molecule has 0 aliphatic heterocycles. The average Bonchev–Trinajstić information content (AvgIpc) is 2.66. The van der Waals surface area contributed by atoms with Gasteiger partial charge in [-0.2, -0.15) is 5.26 Å². The number of ether oxygens (including phenoxy) is 1. The number of benzene rings is 1. The first kappa shape index (κ1) is 17.5. The molecule has 0 N–H and O–H groups in total. The van der Waals surface area contributed by atoms with Gasteiger partial charge in [-0.05, 0) is 55.9 Å². The first-order valence-corrected chi connectivity index (χ1v) is 9.35. The van der Waals surface area contributed by atoms with E-state index in [2.05, 4.69) is 11.1 Å². The Morgan fingerprint density at radius 3 is 2.80 bits per heavy atom. The van der Waals surface area contributed by atoms with E-state index >= 15 is 0 Å². The normalized spacial score (nSPS) is 13.0. The van der Waals surface area contributed by atoms with Gasteiger partial charge in [0, 0.05) is 11.3 Å². The van der Waals surface area contributed by atoms with E-state index in [1.807, 2.05) is 13.0 Å². The van der Waals surface area contributed by atoms with Gasteiger partial charge in [-0.1, -0.05) is 23.9 Å². The number of pyridine rings is 1. The van der Waals surface area contributed by atoms with Crippen LogP contribution in [0.4, 0.5) is 0 Å². The summed E-state index contributed by atoms with van der Waals surface area (Å²) < 4.78 is 5.17. The lowest BCUT2D eigenvalue weighted by atomic mass is 9.88. The van der Waals surface area contributed by atoms with Gasteiger partial charge in [0.2, 0.25) is 0 Å². The van der Waals surface area contributed by atoms with Gasteiger partial charge in [0.1, 0.15) is 16.8 Å². The second-order valence-electron chi connectivity index (χ2n) is 6.10. The maximum Gasteiger partial charge on any atom is 0.173 e. The molecule has 0 radical (unpaired) electrons.